The third-order valence-electron chi connectivity index (χ3n) is 14.5. The Bertz CT molecular complexity index is 2400. The molecule has 6 amide bonds. The summed E-state index contributed by atoms with van der Waals surface area (Å²) in [4.78, 5) is 98.2. The van der Waals surface area contributed by atoms with Crippen molar-refractivity contribution >= 4 is 81.9 Å². The van der Waals surface area contributed by atoms with Gasteiger partial charge in [-0.05, 0) is 82.9 Å². The van der Waals surface area contributed by atoms with Crippen molar-refractivity contribution in [3.8, 4) is 5.75 Å². The Morgan fingerprint density at radius 1 is 1.06 bits per heavy atom. The molecular weight excluding hydrogens is 1070 g/mol. The van der Waals surface area contributed by atoms with E-state index in [-0.39, 0.29) is 60.4 Å². The van der Waals surface area contributed by atoms with Crippen molar-refractivity contribution < 1.29 is 71.8 Å². The van der Waals surface area contributed by atoms with Crippen LogP contribution in [0, 0.1) is 5.92 Å². The number of likely N-dealkylation sites (N-methyl/N-ethyl adjacent to an activating group) is 3. The Morgan fingerprint density at radius 3 is 2.50 bits per heavy atom. The number of amides is 6. The number of benzene rings is 1. The van der Waals surface area contributed by atoms with E-state index in [2.05, 4.69) is 10.6 Å². The Kier molecular flexibility index (Phi) is 24.1. The zero-order valence-electron chi connectivity index (χ0n) is 46.7. The zero-order chi connectivity index (χ0) is 57.5. The highest BCUT2D eigenvalue weighted by Crippen LogP contribution is 2.49. The third kappa shape index (κ3) is 17.5. The number of epoxide rings is 1. The summed E-state index contributed by atoms with van der Waals surface area (Å²) >= 11 is 9.21. The van der Waals surface area contributed by atoms with Crippen LogP contribution in [0.3, 0.4) is 0 Å². The average molecular weight is 1150 g/mol. The maximum absolute atomic E-state index is 14.4. The molecular formula is C54H79ClN6O15S2. The van der Waals surface area contributed by atoms with Gasteiger partial charge in [-0.1, -0.05) is 60.2 Å². The first-order valence-electron chi connectivity index (χ1n) is 26.1. The van der Waals surface area contributed by atoms with Crippen molar-refractivity contribution in [2.45, 2.75) is 133 Å². The molecule has 3 heterocycles. The van der Waals surface area contributed by atoms with Gasteiger partial charge in [-0.2, -0.15) is 11.8 Å². The number of nitrogens with zero attached hydrogens (tertiary/aromatic N) is 4. The van der Waals surface area contributed by atoms with Gasteiger partial charge in [0, 0.05) is 79.4 Å². The van der Waals surface area contributed by atoms with Crippen molar-refractivity contribution in [3.63, 3.8) is 0 Å². The first-order valence-corrected chi connectivity index (χ1v) is 28.9. The average Bonchev–Trinajstić information content (AvgIpc) is 4.23. The van der Waals surface area contributed by atoms with Crippen molar-refractivity contribution in [2.75, 3.05) is 91.3 Å². The van der Waals surface area contributed by atoms with Crippen LogP contribution >= 0.6 is 35.1 Å². The minimum atomic E-state index is -1.88. The van der Waals surface area contributed by atoms with Crippen LogP contribution in [0.5, 0.6) is 5.75 Å². The number of thioether (sulfide) groups is 2. The standard InChI is InChI=1S/C54H79ClN6O15S2/c1-33-15-12-20-42(71-10)54(69)31-41(74-50(66)57-54)34(2)48-53(4,76-48)43(30-46(64)61(8)39-28-36(27-33)29-40(70-9)47(39)55)75-49(65)35(3)60(7)45(63)21-26-78-52(68)59(6)24-23-58(5)51(67)73-38-18-13-16-37(17-14-19-38)72-25-22-56-44(62)32-77-11/h12-13,15,18,20,28-29,34-35,37-38,41-43,48,69H,14,16-17,19,21-27,30-32H2,1-11H3,(H,56,62)(H,57,66)/b18-13+,20-12+,33-15+/t34-,35+,37?,38?,41+,42-,43+,48?,53+,54+/m1/s1. The topological polar surface area (TPSA) is 245 Å². The van der Waals surface area contributed by atoms with Gasteiger partial charge in [0.2, 0.25) is 17.7 Å². The van der Waals surface area contributed by atoms with E-state index in [1.54, 1.807) is 59.3 Å². The van der Waals surface area contributed by atoms with Crippen LogP contribution in [0.2, 0.25) is 5.02 Å². The number of allylic oxidation sites excluding steroid dienone is 3. The maximum atomic E-state index is 14.4. The minimum absolute atomic E-state index is 0.0118. The molecule has 21 nitrogen and oxygen atoms in total. The number of ether oxygens (including phenoxy) is 7. The fraction of sp³-hybridized carbons (Fsp3) is 0.648. The molecule has 1 aliphatic carbocycles. The number of aliphatic hydroxyl groups is 1. The van der Waals surface area contributed by atoms with Gasteiger partial charge in [-0.15, -0.1) is 0 Å². The lowest BCUT2D eigenvalue weighted by Gasteiger charge is -2.42. The molecule has 4 bridgehead atoms. The maximum Gasteiger partial charge on any atom is 0.410 e. The normalized spacial score (nSPS) is 28.3. The highest BCUT2D eigenvalue weighted by atomic mass is 35.5. The van der Waals surface area contributed by atoms with E-state index < -0.39 is 83.8 Å². The molecule has 3 aliphatic heterocycles. The van der Waals surface area contributed by atoms with Crippen LogP contribution in [0.4, 0.5) is 20.1 Å². The molecule has 1 aromatic rings. The molecule has 1 aromatic carbocycles. The van der Waals surface area contributed by atoms with Crippen molar-refractivity contribution in [3.05, 3.63) is 58.7 Å². The first kappa shape index (κ1) is 63.8. The summed E-state index contributed by atoms with van der Waals surface area (Å²) in [7, 11) is 9.07. The summed E-state index contributed by atoms with van der Waals surface area (Å²) in [5, 5.41) is 17.1. The number of carbonyl (C=O) groups is 7. The summed E-state index contributed by atoms with van der Waals surface area (Å²) in [5.41, 5.74) is -1.18. The molecule has 0 radical (unpaired) electrons. The second-order valence-corrected chi connectivity index (χ2v) is 22.7. The van der Waals surface area contributed by atoms with Gasteiger partial charge in [-0.3, -0.25) is 24.5 Å². The van der Waals surface area contributed by atoms with Gasteiger partial charge >= 0.3 is 18.2 Å². The van der Waals surface area contributed by atoms with E-state index in [1.807, 2.05) is 31.4 Å². The number of alkyl carbamates (subject to hydrolysis) is 1. The van der Waals surface area contributed by atoms with Crippen LogP contribution in [0.1, 0.15) is 78.2 Å². The number of hydrogen-bond acceptors (Lipinski definition) is 17. The smallest absolute Gasteiger partial charge is 0.410 e. The van der Waals surface area contributed by atoms with Gasteiger partial charge in [0.1, 0.15) is 46.8 Å². The zero-order valence-corrected chi connectivity index (χ0v) is 49.1. The minimum Gasteiger partial charge on any atom is -0.495 e. The second kappa shape index (κ2) is 29.4. The van der Waals surface area contributed by atoms with Crippen LogP contribution in [0.15, 0.2) is 48.1 Å². The van der Waals surface area contributed by atoms with E-state index in [4.69, 9.17) is 44.8 Å². The molecule has 5 rings (SSSR count). The Morgan fingerprint density at radius 2 is 1.79 bits per heavy atom. The van der Waals surface area contributed by atoms with Crippen LogP contribution < -0.4 is 20.3 Å². The number of nitrogens with one attached hydrogen (secondary N) is 2. The number of fused-ring (bicyclic) bond motifs is 5. The summed E-state index contributed by atoms with van der Waals surface area (Å²) in [6, 6.07) is 2.40. The van der Waals surface area contributed by atoms with Crippen molar-refractivity contribution in [1.29, 1.82) is 0 Å². The number of anilines is 1. The monoisotopic (exact) mass is 1150 g/mol. The SMILES string of the molecule is COc1cc2cc(c1Cl)N(C)C(=O)C[C@H](OC(=O)[C@H](C)N(C)C(=O)CCSC(=O)N(C)CCN(C)C(=O)OC1/C=C/CC(OCCNC(=O)CSC)CCC1)[C@]1(C)OC1[C@H](C)[C@@H]1C[C@@](O)(NC(=O)O1)[C@H](OC)/C=C/C=C(\C)C2. The summed E-state index contributed by atoms with van der Waals surface area (Å²) in [6.07, 6.45) is 7.92. The molecule has 0 spiro atoms. The quantitative estimate of drug-likeness (QED) is 0.0493. The predicted octanol–water partition coefficient (Wildman–Crippen LogP) is 6.12. The van der Waals surface area contributed by atoms with E-state index in [0.29, 0.717) is 49.6 Å². The van der Waals surface area contributed by atoms with E-state index in [9.17, 15) is 38.7 Å². The summed E-state index contributed by atoms with van der Waals surface area (Å²) in [6.45, 7) is 8.12. The lowest BCUT2D eigenvalue weighted by molar-refractivity contribution is -0.162. The molecule has 434 valence electrons. The van der Waals surface area contributed by atoms with Gasteiger partial charge < -0.3 is 63.2 Å². The first-order chi connectivity index (χ1) is 36.9. The number of carbonyl (C=O) groups excluding carboxylic acids is 7. The second-order valence-electron chi connectivity index (χ2n) is 20.4. The number of esters is 1. The molecule has 3 N–H and O–H groups in total. The number of halogens is 1. The van der Waals surface area contributed by atoms with Gasteiger partial charge in [-0.25, -0.2) is 14.4 Å². The molecule has 78 heavy (non-hydrogen) atoms. The summed E-state index contributed by atoms with van der Waals surface area (Å²) < 4.78 is 41.1. The summed E-state index contributed by atoms with van der Waals surface area (Å²) in [5.74, 6) is -1.54. The Labute approximate surface area is 471 Å². The van der Waals surface area contributed by atoms with Gasteiger partial charge in [0.05, 0.1) is 43.8 Å². The van der Waals surface area contributed by atoms with Crippen molar-refractivity contribution in [1.82, 2.24) is 25.3 Å². The fourth-order valence-corrected chi connectivity index (χ4v) is 10.9. The molecule has 4 aliphatic rings. The van der Waals surface area contributed by atoms with Gasteiger partial charge in [0.15, 0.2) is 5.72 Å². The molecule has 2 fully saturated rings. The largest absolute Gasteiger partial charge is 0.495 e. The molecule has 10 atom stereocenters. The van der Waals surface area contributed by atoms with Crippen LogP contribution in [-0.4, -0.2) is 201 Å². The van der Waals surface area contributed by atoms with E-state index >= 15 is 0 Å². The Hall–Kier alpha value is -5.04. The van der Waals surface area contributed by atoms with Crippen LogP contribution in [0.25, 0.3) is 0 Å². The molecule has 2 saturated heterocycles. The van der Waals surface area contributed by atoms with E-state index in [0.717, 1.165) is 35.7 Å². The van der Waals surface area contributed by atoms with Crippen molar-refractivity contribution in [2.24, 2.45) is 5.92 Å². The van der Waals surface area contributed by atoms with E-state index in [1.165, 1.54) is 59.6 Å². The van der Waals surface area contributed by atoms with Gasteiger partial charge in [0.25, 0.3) is 5.24 Å². The fourth-order valence-electron chi connectivity index (χ4n) is 9.42. The predicted molar refractivity (Wildman–Crippen MR) is 298 cm³/mol. The molecule has 3 unspecified atom stereocenters. The van der Waals surface area contributed by atoms with Crippen LogP contribution in [-0.2, 0) is 54.0 Å². The lowest BCUT2D eigenvalue weighted by atomic mass is 9.83. The third-order valence-corrected chi connectivity index (χ3v) is 16.4. The molecule has 0 aromatic heterocycles. The highest BCUT2D eigenvalue weighted by molar-refractivity contribution is 8.13. The molecule has 0 saturated carbocycles. The number of hydrogen-bond donors (Lipinski definition) is 3. The number of rotatable bonds is 18. The Balaban J connectivity index is 1.17. The highest BCUT2D eigenvalue weighted by Gasteiger charge is 2.64. The number of methoxy groups -OCH3 is 2. The molecule has 24 heteroatoms. The lowest BCUT2D eigenvalue weighted by Crippen LogP contribution is -2.63.